The number of rotatable bonds is 4. The smallest absolute Gasteiger partial charge is 0.340 e. The van der Waals surface area contributed by atoms with E-state index in [4.69, 9.17) is 4.74 Å². The van der Waals surface area contributed by atoms with Crippen molar-refractivity contribution in [1.29, 1.82) is 0 Å². The lowest BCUT2D eigenvalue weighted by Gasteiger charge is -2.02. The Kier molecular flexibility index (Phi) is 3.95. The number of para-hydroxylation sites is 1. The van der Waals surface area contributed by atoms with E-state index in [2.05, 4.69) is 9.78 Å². The quantitative estimate of drug-likeness (QED) is 0.303. The summed E-state index contributed by atoms with van der Waals surface area (Å²) >= 11 is 0. The average Bonchev–Trinajstić information content (AvgIpc) is 2.16. The van der Waals surface area contributed by atoms with Gasteiger partial charge in [-0.05, 0) is 12.1 Å². The summed E-state index contributed by atoms with van der Waals surface area (Å²) in [4.78, 5) is 19.6. The lowest BCUT2D eigenvalue weighted by atomic mass is 10.3. The maximum absolute atomic E-state index is 10.9. The number of ether oxygens (including phenoxy) is 1. The molecule has 0 amide bonds. The zero-order valence-electron chi connectivity index (χ0n) is 7.23. The highest BCUT2D eigenvalue weighted by molar-refractivity contribution is 5.73. The van der Waals surface area contributed by atoms with Gasteiger partial charge in [-0.1, -0.05) is 18.2 Å². The van der Waals surface area contributed by atoms with E-state index in [0.717, 1.165) is 0 Å². The topological polar surface area (TPSA) is 44.8 Å². The van der Waals surface area contributed by atoms with Crippen LogP contribution < -0.4 is 4.74 Å². The number of benzene rings is 1. The van der Waals surface area contributed by atoms with Crippen molar-refractivity contribution in [3.63, 3.8) is 0 Å². The Morgan fingerprint density at radius 1 is 1.31 bits per heavy atom. The largest absolute Gasteiger partial charge is 0.425 e. The first-order valence-corrected chi connectivity index (χ1v) is 3.74. The number of hydrogen-bond donors (Lipinski definition) is 0. The number of carbonyl (C=O) groups is 1. The van der Waals surface area contributed by atoms with Crippen LogP contribution in [0.3, 0.4) is 0 Å². The molecule has 0 saturated heterocycles. The van der Waals surface area contributed by atoms with E-state index in [0.29, 0.717) is 5.75 Å². The average molecular weight is 182 g/mol. The van der Waals surface area contributed by atoms with Crippen LogP contribution in [0.15, 0.2) is 30.3 Å². The summed E-state index contributed by atoms with van der Waals surface area (Å²) in [6, 6.07) is 8.76. The molecule has 0 N–H and O–H groups in total. The molecular formula is C9H10O4. The minimum Gasteiger partial charge on any atom is -0.425 e. The van der Waals surface area contributed by atoms with E-state index < -0.39 is 5.97 Å². The second kappa shape index (κ2) is 5.29. The molecule has 4 heteroatoms. The molecule has 13 heavy (non-hydrogen) atoms. The van der Waals surface area contributed by atoms with Crippen molar-refractivity contribution in [2.24, 2.45) is 0 Å². The summed E-state index contributed by atoms with van der Waals surface area (Å²) in [5, 5.41) is 0. The fraction of sp³-hybridized carbons (Fsp3) is 0.222. The van der Waals surface area contributed by atoms with Gasteiger partial charge in [0.2, 0.25) is 0 Å². The Balaban J connectivity index is 2.37. The summed E-state index contributed by atoms with van der Waals surface area (Å²) in [6.45, 7) is -0.217. The van der Waals surface area contributed by atoms with Crippen LogP contribution >= 0.6 is 0 Å². The molecule has 0 unspecified atom stereocenters. The lowest BCUT2D eigenvalue weighted by Crippen LogP contribution is -2.15. The molecule has 0 heterocycles. The number of esters is 1. The molecule has 0 aliphatic rings. The molecule has 70 valence electrons. The molecule has 0 spiro atoms. The monoisotopic (exact) mass is 182 g/mol. The Hall–Kier alpha value is -1.39. The fourth-order valence-corrected chi connectivity index (χ4v) is 0.756. The first-order chi connectivity index (χ1) is 6.33. The molecular weight excluding hydrogens is 172 g/mol. The first-order valence-electron chi connectivity index (χ1n) is 3.74. The van der Waals surface area contributed by atoms with Gasteiger partial charge in [0.05, 0.1) is 7.11 Å². The highest BCUT2D eigenvalue weighted by Gasteiger charge is 2.03. The molecule has 1 rings (SSSR count). The van der Waals surface area contributed by atoms with Crippen molar-refractivity contribution >= 4 is 5.97 Å². The minimum atomic E-state index is -0.493. The van der Waals surface area contributed by atoms with Gasteiger partial charge in [-0.15, -0.1) is 0 Å². The summed E-state index contributed by atoms with van der Waals surface area (Å²) in [6.07, 6.45) is 0. The van der Waals surface area contributed by atoms with E-state index in [-0.39, 0.29) is 6.61 Å². The SMILES string of the molecule is COOCC(=O)Oc1ccccc1. The van der Waals surface area contributed by atoms with Crippen molar-refractivity contribution in [3.8, 4) is 5.75 Å². The summed E-state index contributed by atoms with van der Waals surface area (Å²) in [5.41, 5.74) is 0. The third-order valence-electron chi connectivity index (χ3n) is 1.27. The molecule has 0 aromatic heterocycles. The van der Waals surface area contributed by atoms with Gasteiger partial charge in [0.1, 0.15) is 5.75 Å². The van der Waals surface area contributed by atoms with Gasteiger partial charge in [-0.3, -0.25) is 0 Å². The fourth-order valence-electron chi connectivity index (χ4n) is 0.756. The lowest BCUT2D eigenvalue weighted by molar-refractivity contribution is -0.270. The second-order valence-electron chi connectivity index (χ2n) is 2.22. The molecule has 0 bridgehead atoms. The molecule has 0 aliphatic carbocycles. The highest BCUT2D eigenvalue weighted by atomic mass is 17.2. The first kappa shape index (κ1) is 9.70. The van der Waals surface area contributed by atoms with Crippen LogP contribution in [0.4, 0.5) is 0 Å². The second-order valence-corrected chi connectivity index (χ2v) is 2.22. The molecule has 0 saturated carbocycles. The Morgan fingerprint density at radius 3 is 2.62 bits per heavy atom. The number of carbonyl (C=O) groups excluding carboxylic acids is 1. The van der Waals surface area contributed by atoms with Gasteiger partial charge in [0, 0.05) is 0 Å². The standard InChI is InChI=1S/C9H10O4/c1-11-12-7-9(10)13-8-5-3-2-4-6-8/h2-6H,7H2,1H3. The zero-order valence-corrected chi connectivity index (χ0v) is 7.23. The maximum Gasteiger partial charge on any atom is 0.340 e. The van der Waals surface area contributed by atoms with E-state index in [1.54, 1.807) is 24.3 Å². The van der Waals surface area contributed by atoms with Crippen LogP contribution in [0.1, 0.15) is 0 Å². The van der Waals surface area contributed by atoms with Crippen LogP contribution in [-0.2, 0) is 14.6 Å². The number of hydrogen-bond acceptors (Lipinski definition) is 4. The van der Waals surface area contributed by atoms with Crippen LogP contribution in [-0.4, -0.2) is 19.7 Å². The predicted octanol–water partition coefficient (Wildman–Crippen LogP) is 1.17. The van der Waals surface area contributed by atoms with Crippen molar-refractivity contribution in [1.82, 2.24) is 0 Å². The van der Waals surface area contributed by atoms with E-state index >= 15 is 0 Å². The molecule has 0 radical (unpaired) electrons. The van der Waals surface area contributed by atoms with Crippen LogP contribution in [0.5, 0.6) is 5.75 Å². The van der Waals surface area contributed by atoms with Crippen molar-refractivity contribution < 1.29 is 19.3 Å². The van der Waals surface area contributed by atoms with Gasteiger partial charge < -0.3 is 4.74 Å². The van der Waals surface area contributed by atoms with E-state index in [1.807, 2.05) is 6.07 Å². The van der Waals surface area contributed by atoms with Gasteiger partial charge in [0.25, 0.3) is 0 Å². The Bertz CT molecular complexity index is 258. The van der Waals surface area contributed by atoms with E-state index in [9.17, 15) is 4.79 Å². The minimum absolute atomic E-state index is 0.217. The van der Waals surface area contributed by atoms with E-state index in [1.165, 1.54) is 7.11 Å². The van der Waals surface area contributed by atoms with Gasteiger partial charge in [-0.25, -0.2) is 14.6 Å². The highest BCUT2D eigenvalue weighted by Crippen LogP contribution is 2.08. The third-order valence-corrected chi connectivity index (χ3v) is 1.27. The van der Waals surface area contributed by atoms with Crippen LogP contribution in [0.2, 0.25) is 0 Å². The van der Waals surface area contributed by atoms with Gasteiger partial charge >= 0.3 is 5.97 Å². The van der Waals surface area contributed by atoms with Crippen molar-refractivity contribution in [3.05, 3.63) is 30.3 Å². The molecule has 0 aliphatic heterocycles. The zero-order chi connectivity index (χ0) is 9.52. The van der Waals surface area contributed by atoms with Gasteiger partial charge in [-0.2, -0.15) is 0 Å². The predicted molar refractivity (Wildman–Crippen MR) is 45.0 cm³/mol. The van der Waals surface area contributed by atoms with Crippen molar-refractivity contribution in [2.75, 3.05) is 13.7 Å². The normalized spacial score (nSPS) is 9.62. The van der Waals surface area contributed by atoms with Crippen LogP contribution in [0.25, 0.3) is 0 Å². The summed E-state index contributed by atoms with van der Waals surface area (Å²) in [5.74, 6) is 0.000234. The Morgan fingerprint density at radius 2 is 2.00 bits per heavy atom. The molecule has 0 atom stereocenters. The van der Waals surface area contributed by atoms with Gasteiger partial charge in [0.15, 0.2) is 6.61 Å². The maximum atomic E-state index is 10.9. The molecule has 1 aromatic rings. The molecule has 1 aromatic carbocycles. The third kappa shape index (κ3) is 3.68. The van der Waals surface area contributed by atoms with Crippen LogP contribution in [0, 0.1) is 0 Å². The molecule has 4 nitrogen and oxygen atoms in total. The summed E-state index contributed by atoms with van der Waals surface area (Å²) in [7, 11) is 1.33. The Labute approximate surface area is 76.0 Å². The summed E-state index contributed by atoms with van der Waals surface area (Å²) < 4.78 is 4.87. The molecule has 0 fully saturated rings. The van der Waals surface area contributed by atoms with Crippen molar-refractivity contribution in [2.45, 2.75) is 0 Å².